The van der Waals surface area contributed by atoms with Gasteiger partial charge in [0.25, 0.3) is 0 Å². The van der Waals surface area contributed by atoms with Gasteiger partial charge < -0.3 is 14.4 Å². The molecule has 146 valence electrons. The molecule has 1 fully saturated rings. The van der Waals surface area contributed by atoms with E-state index in [1.807, 2.05) is 6.92 Å². The molecule has 1 aliphatic heterocycles. The highest BCUT2D eigenvalue weighted by atomic mass is 32.2. The maximum absolute atomic E-state index is 11.7. The van der Waals surface area contributed by atoms with E-state index < -0.39 is 10.0 Å². The summed E-state index contributed by atoms with van der Waals surface area (Å²) in [5.41, 5.74) is 2.70. The Morgan fingerprint density at radius 2 is 2.00 bits per heavy atom. The number of aryl methyl sites for hydroxylation is 1. The van der Waals surface area contributed by atoms with Gasteiger partial charge in [-0.2, -0.15) is 0 Å². The van der Waals surface area contributed by atoms with Crippen molar-refractivity contribution in [3.63, 3.8) is 0 Å². The van der Waals surface area contributed by atoms with Crippen molar-refractivity contribution in [2.24, 2.45) is 0 Å². The van der Waals surface area contributed by atoms with Crippen LogP contribution in [0.1, 0.15) is 12.6 Å². The second-order valence-electron chi connectivity index (χ2n) is 6.13. The molecule has 10 heteroatoms. The van der Waals surface area contributed by atoms with Crippen molar-refractivity contribution in [1.82, 2.24) is 15.0 Å². The summed E-state index contributed by atoms with van der Waals surface area (Å²) in [7, 11) is -2.04. The molecule has 0 unspecified atom stereocenters. The van der Waals surface area contributed by atoms with Gasteiger partial charge in [0.05, 0.1) is 32.3 Å². The third kappa shape index (κ3) is 4.45. The summed E-state index contributed by atoms with van der Waals surface area (Å²) in [6, 6.07) is 1.70. The average molecular weight is 393 g/mol. The number of hydrogen-bond acceptors (Lipinski definition) is 8. The third-order valence-electron chi connectivity index (χ3n) is 4.18. The van der Waals surface area contributed by atoms with Crippen LogP contribution < -0.4 is 14.4 Å². The lowest BCUT2D eigenvalue weighted by Gasteiger charge is -2.30. The van der Waals surface area contributed by atoms with Crippen molar-refractivity contribution in [2.45, 2.75) is 13.3 Å². The first-order chi connectivity index (χ1) is 12.9. The molecule has 2 aromatic rings. The fourth-order valence-corrected chi connectivity index (χ4v) is 3.56. The largest absolute Gasteiger partial charge is 0.480 e. The van der Waals surface area contributed by atoms with E-state index >= 15 is 0 Å². The molecule has 0 saturated carbocycles. The van der Waals surface area contributed by atoms with Crippen molar-refractivity contribution in [1.29, 1.82) is 0 Å². The van der Waals surface area contributed by atoms with Crippen molar-refractivity contribution in [3.05, 3.63) is 24.3 Å². The van der Waals surface area contributed by atoms with E-state index in [4.69, 9.17) is 9.47 Å². The number of sulfonamides is 1. The molecule has 0 atom stereocenters. The molecule has 9 nitrogen and oxygen atoms in total. The first-order valence-electron chi connectivity index (χ1n) is 8.61. The molecular weight excluding hydrogens is 370 g/mol. The molecule has 0 aliphatic carbocycles. The lowest BCUT2D eigenvalue weighted by Crippen LogP contribution is -2.37. The number of pyridine rings is 1. The summed E-state index contributed by atoms with van der Waals surface area (Å²) in [6.45, 7) is 4.73. The van der Waals surface area contributed by atoms with Gasteiger partial charge in [0, 0.05) is 30.4 Å². The van der Waals surface area contributed by atoms with Crippen molar-refractivity contribution in [2.75, 3.05) is 49.3 Å². The number of aromatic nitrogens is 3. The van der Waals surface area contributed by atoms with Crippen molar-refractivity contribution >= 4 is 21.5 Å². The zero-order valence-electron chi connectivity index (χ0n) is 15.6. The number of rotatable bonds is 6. The Morgan fingerprint density at radius 1 is 1.26 bits per heavy atom. The van der Waals surface area contributed by atoms with Gasteiger partial charge in [-0.3, -0.25) is 4.72 Å². The van der Waals surface area contributed by atoms with Crippen LogP contribution in [0.3, 0.4) is 0 Å². The standard InChI is InChI=1S/C17H23N5O4S/c1-4-13-15(16(20-11-19-13)22-5-7-26-8-6-22)12-9-14(21-27(3,23)24)17(25-2)18-10-12/h9-11,21H,4-8H2,1-3H3. The zero-order chi connectivity index (χ0) is 19.4. The molecule has 1 saturated heterocycles. The van der Waals surface area contributed by atoms with Crippen molar-refractivity contribution in [3.8, 4) is 17.0 Å². The Balaban J connectivity index is 2.13. The molecule has 3 rings (SSSR count). The van der Waals surface area contributed by atoms with Crippen LogP contribution >= 0.6 is 0 Å². The highest BCUT2D eigenvalue weighted by Crippen LogP contribution is 2.35. The van der Waals surface area contributed by atoms with E-state index in [1.165, 1.54) is 7.11 Å². The normalized spacial score (nSPS) is 14.9. The fraction of sp³-hybridized carbons (Fsp3) is 0.471. The van der Waals surface area contributed by atoms with Crippen LogP contribution in [-0.2, 0) is 21.2 Å². The number of morpholine rings is 1. The predicted octanol–water partition coefficient (Wildman–Crippen LogP) is 1.32. The molecule has 27 heavy (non-hydrogen) atoms. The van der Waals surface area contributed by atoms with Gasteiger partial charge in [-0.25, -0.2) is 23.4 Å². The minimum absolute atomic E-state index is 0.201. The van der Waals surface area contributed by atoms with Crippen LogP contribution in [0.2, 0.25) is 0 Å². The third-order valence-corrected chi connectivity index (χ3v) is 4.77. The SMILES string of the molecule is CCc1ncnc(N2CCOCC2)c1-c1cnc(OC)c(NS(C)(=O)=O)c1. The highest BCUT2D eigenvalue weighted by Gasteiger charge is 2.22. The molecule has 0 amide bonds. The number of nitrogens with one attached hydrogen (secondary N) is 1. The van der Waals surface area contributed by atoms with Gasteiger partial charge in [-0.05, 0) is 12.5 Å². The topological polar surface area (TPSA) is 107 Å². The summed E-state index contributed by atoms with van der Waals surface area (Å²) in [5.74, 6) is 0.995. The van der Waals surface area contributed by atoms with E-state index in [0.29, 0.717) is 19.6 Å². The number of nitrogens with zero attached hydrogens (tertiary/aromatic N) is 4. The summed E-state index contributed by atoms with van der Waals surface area (Å²) in [4.78, 5) is 15.3. The van der Waals surface area contributed by atoms with Crippen LogP contribution in [0.15, 0.2) is 18.6 Å². The van der Waals surface area contributed by atoms with Crippen LogP contribution in [-0.4, -0.2) is 63.0 Å². The second kappa shape index (κ2) is 8.05. The molecule has 0 bridgehead atoms. The summed E-state index contributed by atoms with van der Waals surface area (Å²) in [6.07, 6.45) is 4.99. The summed E-state index contributed by atoms with van der Waals surface area (Å²) >= 11 is 0. The fourth-order valence-electron chi connectivity index (χ4n) is 3.01. The van der Waals surface area contributed by atoms with Gasteiger partial charge in [0.15, 0.2) is 0 Å². The van der Waals surface area contributed by atoms with Gasteiger partial charge in [-0.15, -0.1) is 0 Å². The summed E-state index contributed by atoms with van der Waals surface area (Å²) in [5, 5.41) is 0. The Hall–Kier alpha value is -2.46. The molecule has 1 aliphatic rings. The molecule has 0 aromatic carbocycles. The maximum atomic E-state index is 11.7. The Bertz CT molecular complexity index is 914. The molecule has 2 aromatic heterocycles. The van der Waals surface area contributed by atoms with E-state index in [0.717, 1.165) is 42.0 Å². The quantitative estimate of drug-likeness (QED) is 0.783. The molecular formula is C17H23N5O4S. The number of ether oxygens (including phenoxy) is 2. The molecule has 0 spiro atoms. The molecule has 1 N–H and O–H groups in total. The van der Waals surface area contributed by atoms with Crippen LogP contribution in [0.25, 0.3) is 11.1 Å². The lowest BCUT2D eigenvalue weighted by atomic mass is 10.0. The van der Waals surface area contributed by atoms with E-state index in [1.54, 1.807) is 18.6 Å². The summed E-state index contributed by atoms with van der Waals surface area (Å²) < 4.78 is 36.5. The number of hydrogen-bond donors (Lipinski definition) is 1. The number of methoxy groups -OCH3 is 1. The first-order valence-corrected chi connectivity index (χ1v) is 10.5. The van der Waals surface area contributed by atoms with E-state index in [-0.39, 0.29) is 11.6 Å². The zero-order valence-corrected chi connectivity index (χ0v) is 16.4. The Kier molecular flexibility index (Phi) is 5.76. The van der Waals surface area contributed by atoms with Crippen LogP contribution in [0.4, 0.5) is 11.5 Å². The molecule has 0 radical (unpaired) electrons. The van der Waals surface area contributed by atoms with Crippen molar-refractivity contribution < 1.29 is 17.9 Å². The smallest absolute Gasteiger partial charge is 0.238 e. The first kappa shape index (κ1) is 19.3. The maximum Gasteiger partial charge on any atom is 0.238 e. The minimum Gasteiger partial charge on any atom is -0.480 e. The van der Waals surface area contributed by atoms with Gasteiger partial charge in [0.1, 0.15) is 17.8 Å². The van der Waals surface area contributed by atoms with Crippen LogP contribution in [0, 0.1) is 0 Å². The molecule has 3 heterocycles. The minimum atomic E-state index is -3.48. The highest BCUT2D eigenvalue weighted by molar-refractivity contribution is 7.92. The van der Waals surface area contributed by atoms with E-state index in [9.17, 15) is 8.42 Å². The Labute approximate surface area is 158 Å². The average Bonchev–Trinajstić information content (AvgIpc) is 2.66. The van der Waals surface area contributed by atoms with Gasteiger partial charge in [0.2, 0.25) is 15.9 Å². The monoisotopic (exact) mass is 393 g/mol. The van der Waals surface area contributed by atoms with E-state index in [2.05, 4.69) is 24.6 Å². The second-order valence-corrected chi connectivity index (χ2v) is 7.88. The van der Waals surface area contributed by atoms with Crippen LogP contribution in [0.5, 0.6) is 5.88 Å². The van der Waals surface area contributed by atoms with Gasteiger partial charge >= 0.3 is 0 Å². The van der Waals surface area contributed by atoms with Gasteiger partial charge in [-0.1, -0.05) is 6.92 Å². The lowest BCUT2D eigenvalue weighted by molar-refractivity contribution is 0.122. The Morgan fingerprint density at radius 3 is 2.63 bits per heavy atom. The number of anilines is 2. The predicted molar refractivity (Wildman–Crippen MR) is 103 cm³/mol.